The average molecular weight is 215 g/mol. The highest BCUT2D eigenvalue weighted by atomic mass is 16.1. The minimum atomic E-state index is -0.625. The van der Waals surface area contributed by atoms with Gasteiger partial charge in [0, 0.05) is 6.42 Å². The number of ketones is 1. The van der Waals surface area contributed by atoms with Gasteiger partial charge in [-0.25, -0.2) is 0 Å². The van der Waals surface area contributed by atoms with Crippen LogP contribution in [0.3, 0.4) is 0 Å². The SMILES string of the molecule is CC(C)(C)CC(=O)C(C#N)c1ccccc1. The first-order valence-electron chi connectivity index (χ1n) is 5.41. The van der Waals surface area contributed by atoms with Gasteiger partial charge in [0.1, 0.15) is 5.92 Å². The van der Waals surface area contributed by atoms with Crippen LogP contribution in [-0.4, -0.2) is 5.78 Å². The molecule has 0 aliphatic carbocycles. The van der Waals surface area contributed by atoms with E-state index >= 15 is 0 Å². The third-order valence-electron chi connectivity index (χ3n) is 2.29. The molecular formula is C14H17NO. The molecule has 2 nitrogen and oxygen atoms in total. The van der Waals surface area contributed by atoms with Crippen LogP contribution in [0.2, 0.25) is 0 Å². The molecule has 16 heavy (non-hydrogen) atoms. The molecular weight excluding hydrogens is 198 g/mol. The fourth-order valence-corrected chi connectivity index (χ4v) is 1.60. The first-order chi connectivity index (χ1) is 7.44. The zero-order valence-corrected chi connectivity index (χ0v) is 10.0. The van der Waals surface area contributed by atoms with Gasteiger partial charge in [-0.2, -0.15) is 5.26 Å². The molecule has 1 aromatic carbocycles. The van der Waals surface area contributed by atoms with Gasteiger partial charge in [0.15, 0.2) is 5.78 Å². The van der Waals surface area contributed by atoms with Crippen LogP contribution in [0.4, 0.5) is 0 Å². The van der Waals surface area contributed by atoms with Crippen molar-refractivity contribution in [3.05, 3.63) is 35.9 Å². The van der Waals surface area contributed by atoms with Crippen molar-refractivity contribution in [3.63, 3.8) is 0 Å². The van der Waals surface area contributed by atoms with Gasteiger partial charge in [-0.15, -0.1) is 0 Å². The smallest absolute Gasteiger partial charge is 0.154 e. The Morgan fingerprint density at radius 2 is 1.88 bits per heavy atom. The van der Waals surface area contributed by atoms with Gasteiger partial charge < -0.3 is 0 Å². The lowest BCUT2D eigenvalue weighted by Gasteiger charge is -2.18. The van der Waals surface area contributed by atoms with Gasteiger partial charge >= 0.3 is 0 Å². The van der Waals surface area contributed by atoms with Crippen LogP contribution in [0, 0.1) is 16.7 Å². The Bertz CT molecular complexity index is 395. The third kappa shape index (κ3) is 3.51. The summed E-state index contributed by atoms with van der Waals surface area (Å²) < 4.78 is 0. The van der Waals surface area contributed by atoms with Crippen LogP contribution < -0.4 is 0 Å². The summed E-state index contributed by atoms with van der Waals surface area (Å²) in [6, 6.07) is 11.3. The molecule has 1 rings (SSSR count). The number of hydrogen-bond acceptors (Lipinski definition) is 2. The lowest BCUT2D eigenvalue weighted by Crippen LogP contribution is -2.18. The summed E-state index contributed by atoms with van der Waals surface area (Å²) in [5, 5.41) is 9.08. The molecule has 0 saturated carbocycles. The van der Waals surface area contributed by atoms with E-state index in [0.29, 0.717) is 6.42 Å². The van der Waals surface area contributed by atoms with Gasteiger partial charge in [0.05, 0.1) is 6.07 Å². The average Bonchev–Trinajstić information content (AvgIpc) is 2.17. The maximum absolute atomic E-state index is 12.0. The van der Waals surface area contributed by atoms with Crippen molar-refractivity contribution in [1.29, 1.82) is 5.26 Å². The fraction of sp³-hybridized carbons (Fsp3) is 0.429. The van der Waals surface area contributed by atoms with E-state index in [1.165, 1.54) is 0 Å². The summed E-state index contributed by atoms with van der Waals surface area (Å²) in [7, 11) is 0. The van der Waals surface area contributed by atoms with Gasteiger partial charge in [-0.3, -0.25) is 4.79 Å². The highest BCUT2D eigenvalue weighted by molar-refractivity contribution is 5.88. The number of carbonyl (C=O) groups is 1. The molecule has 1 atom stereocenters. The van der Waals surface area contributed by atoms with E-state index in [4.69, 9.17) is 5.26 Å². The summed E-state index contributed by atoms with van der Waals surface area (Å²) in [4.78, 5) is 12.0. The largest absolute Gasteiger partial charge is 0.298 e. The standard InChI is InChI=1S/C14H17NO/c1-14(2,3)9-13(16)12(10-15)11-7-5-4-6-8-11/h4-8,12H,9H2,1-3H3. The number of carbonyl (C=O) groups excluding carboxylic acids is 1. The first kappa shape index (κ1) is 12.4. The maximum atomic E-state index is 12.0. The zero-order valence-electron chi connectivity index (χ0n) is 10.0. The molecule has 1 unspecified atom stereocenters. The Morgan fingerprint density at radius 3 is 2.31 bits per heavy atom. The number of rotatable bonds is 3. The Kier molecular flexibility index (Phi) is 3.84. The topological polar surface area (TPSA) is 40.9 Å². The van der Waals surface area contributed by atoms with Crippen molar-refractivity contribution < 1.29 is 4.79 Å². The van der Waals surface area contributed by atoms with Crippen molar-refractivity contribution in [2.24, 2.45) is 5.41 Å². The molecule has 0 radical (unpaired) electrons. The molecule has 0 fully saturated rings. The predicted octanol–water partition coefficient (Wildman–Crippen LogP) is 3.30. The van der Waals surface area contributed by atoms with Crippen molar-refractivity contribution in [2.75, 3.05) is 0 Å². The monoisotopic (exact) mass is 215 g/mol. The van der Waals surface area contributed by atoms with Crippen molar-refractivity contribution >= 4 is 5.78 Å². The zero-order chi connectivity index (χ0) is 12.2. The third-order valence-corrected chi connectivity index (χ3v) is 2.29. The van der Waals surface area contributed by atoms with E-state index in [0.717, 1.165) is 5.56 Å². The lowest BCUT2D eigenvalue weighted by molar-refractivity contribution is -0.121. The molecule has 0 aromatic heterocycles. The number of Topliss-reactive ketones (excluding diaryl/α,β-unsaturated/α-hetero) is 1. The van der Waals surface area contributed by atoms with Gasteiger partial charge in [0.2, 0.25) is 0 Å². The second-order valence-corrected chi connectivity index (χ2v) is 5.18. The summed E-state index contributed by atoms with van der Waals surface area (Å²) in [6.07, 6.45) is 0.431. The molecule has 84 valence electrons. The molecule has 2 heteroatoms. The molecule has 0 bridgehead atoms. The van der Waals surface area contributed by atoms with Crippen LogP contribution in [0.1, 0.15) is 38.7 Å². The maximum Gasteiger partial charge on any atom is 0.154 e. The number of nitriles is 1. The van der Waals surface area contributed by atoms with Gasteiger partial charge in [0.25, 0.3) is 0 Å². The van der Waals surface area contributed by atoms with E-state index in [2.05, 4.69) is 6.07 Å². The fourth-order valence-electron chi connectivity index (χ4n) is 1.60. The molecule has 0 saturated heterocycles. The molecule has 0 heterocycles. The van der Waals surface area contributed by atoms with Gasteiger partial charge in [-0.1, -0.05) is 51.1 Å². The van der Waals surface area contributed by atoms with E-state index < -0.39 is 5.92 Å². The predicted molar refractivity (Wildman–Crippen MR) is 63.9 cm³/mol. The van der Waals surface area contributed by atoms with Crippen molar-refractivity contribution in [2.45, 2.75) is 33.1 Å². The Morgan fingerprint density at radius 1 is 1.31 bits per heavy atom. The quantitative estimate of drug-likeness (QED) is 0.776. The van der Waals surface area contributed by atoms with Crippen molar-refractivity contribution in [1.82, 2.24) is 0 Å². The first-order valence-corrected chi connectivity index (χ1v) is 5.41. The van der Waals surface area contributed by atoms with Crippen LogP contribution in [0.25, 0.3) is 0 Å². The summed E-state index contributed by atoms with van der Waals surface area (Å²) >= 11 is 0. The number of benzene rings is 1. The lowest BCUT2D eigenvalue weighted by atomic mass is 9.84. The normalized spacial score (nSPS) is 12.9. The molecule has 0 aliphatic heterocycles. The Hall–Kier alpha value is -1.62. The minimum Gasteiger partial charge on any atom is -0.298 e. The molecule has 0 N–H and O–H groups in total. The van der Waals surface area contributed by atoms with Crippen LogP contribution >= 0.6 is 0 Å². The second kappa shape index (κ2) is 4.94. The summed E-state index contributed by atoms with van der Waals surface area (Å²) in [6.45, 7) is 6.01. The molecule has 1 aromatic rings. The van der Waals surface area contributed by atoms with E-state index in [1.807, 2.05) is 51.1 Å². The van der Waals surface area contributed by atoms with E-state index in [-0.39, 0.29) is 11.2 Å². The Balaban J connectivity index is 2.85. The molecule has 0 aliphatic rings. The van der Waals surface area contributed by atoms with Gasteiger partial charge in [-0.05, 0) is 11.0 Å². The van der Waals surface area contributed by atoms with E-state index in [9.17, 15) is 4.79 Å². The van der Waals surface area contributed by atoms with Crippen LogP contribution in [0.15, 0.2) is 30.3 Å². The second-order valence-electron chi connectivity index (χ2n) is 5.18. The molecule has 0 amide bonds. The Labute approximate surface area is 96.9 Å². The molecule has 0 spiro atoms. The number of hydrogen-bond donors (Lipinski definition) is 0. The van der Waals surface area contributed by atoms with Crippen molar-refractivity contribution in [3.8, 4) is 6.07 Å². The highest BCUT2D eigenvalue weighted by Crippen LogP contribution is 2.25. The number of nitrogens with zero attached hydrogens (tertiary/aromatic N) is 1. The summed E-state index contributed by atoms with van der Waals surface area (Å²) in [5.74, 6) is -0.623. The van der Waals surface area contributed by atoms with Crippen LogP contribution in [0.5, 0.6) is 0 Å². The van der Waals surface area contributed by atoms with E-state index in [1.54, 1.807) is 0 Å². The highest BCUT2D eigenvalue weighted by Gasteiger charge is 2.24. The summed E-state index contributed by atoms with van der Waals surface area (Å²) in [5.41, 5.74) is 0.722. The van der Waals surface area contributed by atoms with Crippen LogP contribution in [-0.2, 0) is 4.79 Å². The minimum absolute atomic E-state index is 0.00111.